The van der Waals surface area contributed by atoms with E-state index in [4.69, 9.17) is 0 Å². The molecule has 1 saturated carbocycles. The fraction of sp³-hybridized carbons (Fsp3) is 0.900. The lowest BCUT2D eigenvalue weighted by molar-refractivity contribution is 0.00523. The highest BCUT2D eigenvalue weighted by Crippen LogP contribution is 2.38. The first kappa shape index (κ1) is 10.6. The molecule has 3 nitrogen and oxygen atoms in total. The number of hydrogen-bond donors (Lipinski definition) is 2. The van der Waals surface area contributed by atoms with Crippen LogP contribution in [0.5, 0.6) is 0 Å². The monoisotopic (exact) mass is 217 g/mol. The minimum absolute atomic E-state index is 0.0211. The number of guanidine groups is 1. The lowest BCUT2D eigenvalue weighted by Crippen LogP contribution is -2.42. The highest BCUT2D eigenvalue weighted by molar-refractivity contribution is 5.80. The first-order valence-electron chi connectivity index (χ1n) is 5.56. The average molecular weight is 217 g/mol. The number of aliphatic imine (C=N–C) groups is 1. The van der Waals surface area contributed by atoms with Gasteiger partial charge in [0.25, 0.3) is 0 Å². The van der Waals surface area contributed by atoms with Crippen molar-refractivity contribution in [1.29, 1.82) is 0 Å². The van der Waals surface area contributed by atoms with E-state index in [1.807, 2.05) is 0 Å². The molecule has 15 heavy (non-hydrogen) atoms. The van der Waals surface area contributed by atoms with Gasteiger partial charge in [0.05, 0.1) is 0 Å². The second kappa shape index (κ2) is 4.33. The van der Waals surface area contributed by atoms with Crippen LogP contribution in [-0.2, 0) is 0 Å². The van der Waals surface area contributed by atoms with Crippen LogP contribution < -0.4 is 10.6 Å². The molecule has 1 heterocycles. The van der Waals surface area contributed by atoms with Crippen molar-refractivity contribution in [2.24, 2.45) is 10.9 Å². The number of nitrogens with one attached hydrogen (secondary N) is 2. The lowest BCUT2D eigenvalue weighted by Gasteiger charge is -2.18. The Hall–Kier alpha value is -0.870. The molecular weight excluding hydrogens is 200 g/mol. The first-order valence-corrected chi connectivity index (χ1v) is 5.56. The van der Waals surface area contributed by atoms with Gasteiger partial charge >= 0.3 is 0 Å². The molecule has 0 saturated heterocycles. The summed E-state index contributed by atoms with van der Waals surface area (Å²) < 4.78 is 25.8. The largest absolute Gasteiger partial charge is 0.356 e. The van der Waals surface area contributed by atoms with Gasteiger partial charge in [-0.3, -0.25) is 4.99 Å². The van der Waals surface area contributed by atoms with Crippen molar-refractivity contribution in [1.82, 2.24) is 10.6 Å². The second-order valence-corrected chi connectivity index (χ2v) is 4.36. The predicted octanol–water partition coefficient (Wildman–Crippen LogP) is 1.36. The fourth-order valence-corrected chi connectivity index (χ4v) is 2.11. The molecule has 1 aliphatic heterocycles. The Bertz CT molecular complexity index is 253. The first-order chi connectivity index (χ1) is 7.16. The molecule has 0 spiro atoms. The molecule has 86 valence electrons. The summed E-state index contributed by atoms with van der Waals surface area (Å²) in [5.41, 5.74) is 0. The SMILES string of the molecule is FC1(F)CCC(CNC2=NCCCN2)C1. The topological polar surface area (TPSA) is 36.4 Å². The lowest BCUT2D eigenvalue weighted by atomic mass is 10.1. The van der Waals surface area contributed by atoms with E-state index in [2.05, 4.69) is 15.6 Å². The van der Waals surface area contributed by atoms with Gasteiger partial charge in [0, 0.05) is 32.5 Å². The van der Waals surface area contributed by atoms with Gasteiger partial charge in [-0.1, -0.05) is 0 Å². The molecule has 0 aromatic rings. The molecule has 5 heteroatoms. The molecule has 2 rings (SSSR count). The van der Waals surface area contributed by atoms with E-state index in [1.54, 1.807) is 0 Å². The minimum atomic E-state index is -2.44. The van der Waals surface area contributed by atoms with Crippen LogP contribution in [0.25, 0.3) is 0 Å². The number of rotatable bonds is 2. The third-order valence-electron chi connectivity index (χ3n) is 2.96. The van der Waals surface area contributed by atoms with Crippen LogP contribution >= 0.6 is 0 Å². The summed E-state index contributed by atoms with van der Waals surface area (Å²) in [4.78, 5) is 4.23. The van der Waals surface area contributed by atoms with E-state index < -0.39 is 5.92 Å². The smallest absolute Gasteiger partial charge is 0.248 e. The normalized spacial score (nSPS) is 29.5. The summed E-state index contributed by atoms with van der Waals surface area (Å²) in [6.45, 7) is 2.37. The second-order valence-electron chi connectivity index (χ2n) is 4.36. The Morgan fingerprint density at radius 3 is 3.00 bits per heavy atom. The summed E-state index contributed by atoms with van der Waals surface area (Å²) >= 11 is 0. The van der Waals surface area contributed by atoms with E-state index in [-0.39, 0.29) is 18.8 Å². The van der Waals surface area contributed by atoms with Crippen LogP contribution in [0.3, 0.4) is 0 Å². The van der Waals surface area contributed by atoms with Crippen LogP contribution in [0.4, 0.5) is 8.78 Å². The summed E-state index contributed by atoms with van der Waals surface area (Å²) in [6.07, 6.45) is 1.73. The Kier molecular flexibility index (Phi) is 3.07. The van der Waals surface area contributed by atoms with Crippen LogP contribution in [0.2, 0.25) is 0 Å². The molecule has 2 N–H and O–H groups in total. The van der Waals surface area contributed by atoms with Gasteiger partial charge in [0.2, 0.25) is 5.92 Å². The summed E-state index contributed by atoms with van der Waals surface area (Å²) in [7, 11) is 0. The van der Waals surface area contributed by atoms with Crippen LogP contribution in [-0.4, -0.2) is 31.5 Å². The third-order valence-corrected chi connectivity index (χ3v) is 2.96. The molecule has 1 unspecified atom stereocenters. The Morgan fingerprint density at radius 1 is 1.53 bits per heavy atom. The van der Waals surface area contributed by atoms with Gasteiger partial charge in [-0.05, 0) is 18.8 Å². The molecule has 1 aliphatic carbocycles. The maximum absolute atomic E-state index is 12.9. The fourth-order valence-electron chi connectivity index (χ4n) is 2.11. The highest BCUT2D eigenvalue weighted by Gasteiger charge is 2.39. The van der Waals surface area contributed by atoms with E-state index >= 15 is 0 Å². The Balaban J connectivity index is 1.72. The molecule has 1 fully saturated rings. The van der Waals surface area contributed by atoms with Gasteiger partial charge in [-0.2, -0.15) is 0 Å². The maximum Gasteiger partial charge on any atom is 0.248 e. The van der Waals surface area contributed by atoms with Crippen LogP contribution in [0, 0.1) is 5.92 Å². The van der Waals surface area contributed by atoms with E-state index in [1.165, 1.54) is 0 Å². The van der Waals surface area contributed by atoms with E-state index in [0.717, 1.165) is 25.5 Å². The number of halogens is 2. The third kappa shape index (κ3) is 3.04. The van der Waals surface area contributed by atoms with Crippen molar-refractivity contribution in [2.45, 2.75) is 31.6 Å². The molecule has 0 aromatic carbocycles. The quantitative estimate of drug-likeness (QED) is 0.732. The number of alkyl halides is 2. The van der Waals surface area contributed by atoms with Crippen molar-refractivity contribution >= 4 is 5.96 Å². The van der Waals surface area contributed by atoms with Crippen molar-refractivity contribution in [3.8, 4) is 0 Å². The van der Waals surface area contributed by atoms with Crippen LogP contribution in [0.1, 0.15) is 25.7 Å². The van der Waals surface area contributed by atoms with Crippen molar-refractivity contribution < 1.29 is 8.78 Å². The van der Waals surface area contributed by atoms with Gasteiger partial charge in [-0.15, -0.1) is 0 Å². The minimum Gasteiger partial charge on any atom is -0.356 e. The van der Waals surface area contributed by atoms with Crippen molar-refractivity contribution in [2.75, 3.05) is 19.6 Å². The molecular formula is C10H17F2N3. The zero-order valence-electron chi connectivity index (χ0n) is 8.73. The van der Waals surface area contributed by atoms with Crippen molar-refractivity contribution in [3.63, 3.8) is 0 Å². The van der Waals surface area contributed by atoms with Crippen molar-refractivity contribution in [3.05, 3.63) is 0 Å². The zero-order valence-corrected chi connectivity index (χ0v) is 8.73. The van der Waals surface area contributed by atoms with Gasteiger partial charge in [0.1, 0.15) is 0 Å². The highest BCUT2D eigenvalue weighted by atomic mass is 19.3. The van der Waals surface area contributed by atoms with Crippen LogP contribution in [0.15, 0.2) is 4.99 Å². The molecule has 2 aliphatic rings. The molecule has 1 atom stereocenters. The summed E-state index contributed by atoms with van der Waals surface area (Å²) in [6, 6.07) is 0. The standard InChI is InChI=1S/C10H17F2N3/c11-10(12)3-2-8(6-10)7-15-9-13-4-1-5-14-9/h8H,1-7H2,(H2,13,14,15). The number of hydrogen-bond acceptors (Lipinski definition) is 3. The van der Waals surface area contributed by atoms with E-state index in [9.17, 15) is 8.78 Å². The van der Waals surface area contributed by atoms with Gasteiger partial charge in [-0.25, -0.2) is 8.78 Å². The van der Waals surface area contributed by atoms with Gasteiger partial charge < -0.3 is 10.6 Å². The maximum atomic E-state index is 12.9. The Labute approximate surface area is 88.3 Å². The molecule has 0 amide bonds. The Morgan fingerprint density at radius 2 is 2.40 bits per heavy atom. The van der Waals surface area contributed by atoms with E-state index in [0.29, 0.717) is 13.0 Å². The van der Waals surface area contributed by atoms with Gasteiger partial charge in [0.15, 0.2) is 5.96 Å². The summed E-state index contributed by atoms with van der Waals surface area (Å²) in [5, 5.41) is 6.22. The number of nitrogens with zero attached hydrogens (tertiary/aromatic N) is 1. The zero-order chi connectivity index (χ0) is 10.7. The molecule has 0 bridgehead atoms. The molecule has 0 aromatic heterocycles. The summed E-state index contributed by atoms with van der Waals surface area (Å²) in [5.74, 6) is -1.57. The average Bonchev–Trinajstić information content (AvgIpc) is 2.57. The predicted molar refractivity (Wildman–Crippen MR) is 55.2 cm³/mol. The molecule has 0 radical (unpaired) electrons.